The first kappa shape index (κ1) is 26.5. The third-order valence-corrected chi connectivity index (χ3v) is 9.61. The van der Waals surface area contributed by atoms with Crippen molar-refractivity contribution in [2.24, 2.45) is 11.8 Å². The third kappa shape index (κ3) is 4.77. The van der Waals surface area contributed by atoms with E-state index in [1.165, 1.54) is 69.5 Å². The molecule has 0 aliphatic heterocycles. The summed E-state index contributed by atoms with van der Waals surface area (Å²) in [6.45, 7) is 4.75. The second-order valence-electron chi connectivity index (χ2n) is 12.3. The first-order chi connectivity index (χ1) is 20.6. The quantitative estimate of drug-likeness (QED) is 0.217. The van der Waals surface area contributed by atoms with Crippen LogP contribution in [0, 0.1) is 11.8 Å². The van der Waals surface area contributed by atoms with E-state index in [1.54, 1.807) is 0 Å². The summed E-state index contributed by atoms with van der Waals surface area (Å²) in [7, 11) is 0. The highest BCUT2D eigenvalue weighted by Crippen LogP contribution is 2.56. The summed E-state index contributed by atoms with van der Waals surface area (Å²) in [5.74, 6) is 1.38. The van der Waals surface area contributed by atoms with Gasteiger partial charge in [-0.15, -0.1) is 0 Å². The topological polar surface area (TPSA) is 12.0 Å². The van der Waals surface area contributed by atoms with Crippen molar-refractivity contribution >= 4 is 11.4 Å². The number of hydrogen-bond acceptors (Lipinski definition) is 1. The molecule has 1 nitrogen and oxygen atoms in total. The molecule has 3 unspecified atom stereocenters. The Bertz CT molecular complexity index is 1750. The monoisotopic (exact) mass is 545 g/mol. The van der Waals surface area contributed by atoms with Gasteiger partial charge in [-0.1, -0.05) is 129 Å². The van der Waals surface area contributed by atoms with E-state index in [-0.39, 0.29) is 5.41 Å². The molecule has 5 aromatic carbocycles. The molecule has 7 rings (SSSR count). The molecule has 2 aliphatic carbocycles. The maximum Gasteiger partial charge on any atom is 0.0467 e. The number of anilines is 2. The van der Waals surface area contributed by atoms with Crippen molar-refractivity contribution < 1.29 is 0 Å². The minimum atomic E-state index is -0.0640. The highest BCUT2D eigenvalue weighted by atomic mass is 14.9. The van der Waals surface area contributed by atoms with Crippen LogP contribution in [-0.4, -0.2) is 0 Å². The van der Waals surface area contributed by atoms with Gasteiger partial charge in [-0.3, -0.25) is 0 Å². The smallest absolute Gasteiger partial charge is 0.0467 e. The van der Waals surface area contributed by atoms with Gasteiger partial charge in [-0.05, 0) is 94.3 Å². The van der Waals surface area contributed by atoms with Crippen molar-refractivity contribution in [1.29, 1.82) is 0 Å². The fourth-order valence-corrected chi connectivity index (χ4v) is 7.38. The Morgan fingerprint density at radius 1 is 0.690 bits per heavy atom. The van der Waals surface area contributed by atoms with Gasteiger partial charge < -0.3 is 5.32 Å². The number of rotatable bonds is 5. The molecule has 0 saturated carbocycles. The van der Waals surface area contributed by atoms with Crippen LogP contribution in [0.3, 0.4) is 0 Å². The van der Waals surface area contributed by atoms with Crippen LogP contribution < -0.4 is 5.32 Å². The predicted octanol–water partition coefficient (Wildman–Crippen LogP) is 11.4. The molecular formula is C41H39N. The Hall–Kier alpha value is -4.36. The molecule has 42 heavy (non-hydrogen) atoms. The molecule has 0 fully saturated rings. The van der Waals surface area contributed by atoms with Crippen molar-refractivity contribution in [3.8, 4) is 33.4 Å². The van der Waals surface area contributed by atoms with Crippen LogP contribution in [0.1, 0.15) is 50.7 Å². The SMILES string of the molecule is CCC1CCC2(/C=C/C(C)C1)c1ccccc1-c1c(Nc3cccc(-c4cccc(-c5ccccc5)c4)c3)cccc12. The standard InChI is InChI=1S/C41H39N/c1-3-30-23-25-41(24-22-29(2)26-30)37-19-8-7-18-36(37)40-38(41)20-11-21-39(40)42-35-17-10-16-34(28-35)33-15-9-14-32(27-33)31-12-5-4-6-13-31/h4-22,24,27-30,42H,3,23,25-26H2,1-2H3/b24-22+. The Labute approximate surface area is 251 Å². The number of nitrogens with one attached hydrogen (secondary N) is 1. The average Bonchev–Trinajstić information content (AvgIpc) is 3.32. The van der Waals surface area contributed by atoms with Crippen LogP contribution in [0.5, 0.6) is 0 Å². The lowest BCUT2D eigenvalue weighted by atomic mass is 9.70. The van der Waals surface area contributed by atoms with Gasteiger partial charge in [0.2, 0.25) is 0 Å². The largest absolute Gasteiger partial charge is 0.355 e. The van der Waals surface area contributed by atoms with Gasteiger partial charge in [-0.25, -0.2) is 0 Å². The zero-order chi connectivity index (χ0) is 28.5. The van der Waals surface area contributed by atoms with Crippen LogP contribution in [0.15, 0.2) is 133 Å². The molecule has 0 saturated heterocycles. The molecule has 0 aromatic heterocycles. The molecule has 5 aromatic rings. The summed E-state index contributed by atoms with van der Waals surface area (Å²) in [5, 5.41) is 3.86. The summed E-state index contributed by atoms with van der Waals surface area (Å²) in [6.07, 6.45) is 10.0. The van der Waals surface area contributed by atoms with Gasteiger partial charge in [0.05, 0.1) is 0 Å². The third-order valence-electron chi connectivity index (χ3n) is 9.61. The number of hydrogen-bond donors (Lipinski definition) is 1. The van der Waals surface area contributed by atoms with Crippen molar-refractivity contribution in [3.05, 3.63) is 145 Å². The van der Waals surface area contributed by atoms with Gasteiger partial charge in [0, 0.05) is 22.4 Å². The summed E-state index contributed by atoms with van der Waals surface area (Å²) >= 11 is 0. The first-order valence-corrected chi connectivity index (χ1v) is 15.6. The van der Waals surface area contributed by atoms with E-state index >= 15 is 0 Å². The van der Waals surface area contributed by atoms with Crippen molar-refractivity contribution in [1.82, 2.24) is 0 Å². The van der Waals surface area contributed by atoms with Crippen LogP contribution >= 0.6 is 0 Å². The Balaban J connectivity index is 1.27. The first-order valence-electron chi connectivity index (χ1n) is 15.6. The molecule has 1 N–H and O–H groups in total. The zero-order valence-electron chi connectivity index (χ0n) is 24.7. The van der Waals surface area contributed by atoms with Crippen LogP contribution in [-0.2, 0) is 5.41 Å². The summed E-state index contributed by atoms with van der Waals surface area (Å²) in [4.78, 5) is 0. The molecule has 0 heterocycles. The lowest BCUT2D eigenvalue weighted by Crippen LogP contribution is -2.26. The second kappa shape index (κ2) is 11.1. The Morgan fingerprint density at radius 2 is 1.36 bits per heavy atom. The highest BCUT2D eigenvalue weighted by molar-refractivity contribution is 5.92. The lowest BCUT2D eigenvalue weighted by molar-refractivity contribution is 0.350. The van der Waals surface area contributed by atoms with Gasteiger partial charge >= 0.3 is 0 Å². The van der Waals surface area contributed by atoms with Gasteiger partial charge in [0.15, 0.2) is 0 Å². The lowest BCUT2D eigenvalue weighted by Gasteiger charge is -2.33. The minimum Gasteiger partial charge on any atom is -0.355 e. The summed E-state index contributed by atoms with van der Waals surface area (Å²) in [6, 6.07) is 44.3. The summed E-state index contributed by atoms with van der Waals surface area (Å²) < 4.78 is 0. The van der Waals surface area contributed by atoms with E-state index in [0.29, 0.717) is 5.92 Å². The van der Waals surface area contributed by atoms with Crippen LogP contribution in [0.25, 0.3) is 33.4 Å². The van der Waals surface area contributed by atoms with Crippen LogP contribution in [0.2, 0.25) is 0 Å². The van der Waals surface area contributed by atoms with E-state index in [1.807, 2.05) is 0 Å². The van der Waals surface area contributed by atoms with Crippen molar-refractivity contribution in [2.45, 2.75) is 44.9 Å². The van der Waals surface area contributed by atoms with Gasteiger partial charge in [-0.2, -0.15) is 0 Å². The number of benzene rings is 5. The Morgan fingerprint density at radius 3 is 2.19 bits per heavy atom. The molecule has 0 bridgehead atoms. The second-order valence-corrected chi connectivity index (χ2v) is 12.3. The van der Waals surface area contributed by atoms with E-state index in [2.05, 4.69) is 153 Å². The maximum absolute atomic E-state index is 3.86. The fourth-order valence-electron chi connectivity index (χ4n) is 7.38. The Kier molecular flexibility index (Phi) is 7.04. The number of fused-ring (bicyclic) bond motifs is 5. The number of allylic oxidation sites excluding steroid dienone is 2. The summed E-state index contributed by atoms with van der Waals surface area (Å²) in [5.41, 5.74) is 12.8. The molecule has 1 heteroatoms. The molecule has 2 aliphatic rings. The van der Waals surface area contributed by atoms with Crippen LogP contribution in [0.4, 0.5) is 11.4 Å². The molecule has 0 radical (unpaired) electrons. The van der Waals surface area contributed by atoms with E-state index in [9.17, 15) is 0 Å². The zero-order valence-corrected chi connectivity index (χ0v) is 24.7. The fraction of sp³-hybridized carbons (Fsp3) is 0.220. The maximum atomic E-state index is 3.86. The van der Waals surface area contributed by atoms with E-state index in [0.717, 1.165) is 18.0 Å². The van der Waals surface area contributed by atoms with Gasteiger partial charge in [0.25, 0.3) is 0 Å². The molecular weight excluding hydrogens is 506 g/mol. The van der Waals surface area contributed by atoms with Gasteiger partial charge in [0.1, 0.15) is 0 Å². The highest BCUT2D eigenvalue weighted by Gasteiger charge is 2.42. The van der Waals surface area contributed by atoms with E-state index in [4.69, 9.17) is 0 Å². The van der Waals surface area contributed by atoms with E-state index < -0.39 is 0 Å². The van der Waals surface area contributed by atoms with Crippen molar-refractivity contribution in [3.63, 3.8) is 0 Å². The minimum absolute atomic E-state index is 0.0640. The average molecular weight is 546 g/mol. The molecule has 208 valence electrons. The molecule has 0 amide bonds. The molecule has 3 atom stereocenters. The normalized spacial score (nSPS) is 21.7. The van der Waals surface area contributed by atoms with Crippen molar-refractivity contribution in [2.75, 3.05) is 5.32 Å². The molecule has 1 spiro atoms. The predicted molar refractivity (Wildman–Crippen MR) is 179 cm³/mol.